The quantitative estimate of drug-likeness (QED) is 0.495. The Morgan fingerprint density at radius 1 is 1.45 bits per heavy atom. The van der Waals surface area contributed by atoms with Gasteiger partial charge in [0.05, 0.1) is 16.8 Å². The molecule has 0 amide bonds. The maximum Gasteiger partial charge on any atom is 0.295 e. The second kappa shape index (κ2) is 6.25. The van der Waals surface area contributed by atoms with Crippen LogP contribution in [0.3, 0.4) is 0 Å². The molecule has 7 heteroatoms. The van der Waals surface area contributed by atoms with Gasteiger partial charge in [0.1, 0.15) is 5.69 Å². The molecule has 2 rings (SSSR count). The monoisotopic (exact) mass is 275 g/mol. The van der Waals surface area contributed by atoms with Gasteiger partial charge in [0.25, 0.3) is 5.69 Å². The van der Waals surface area contributed by atoms with Crippen LogP contribution in [0.15, 0.2) is 24.4 Å². The molecule has 0 spiro atoms. The van der Waals surface area contributed by atoms with E-state index >= 15 is 0 Å². The van der Waals surface area contributed by atoms with Gasteiger partial charge >= 0.3 is 0 Å². The van der Waals surface area contributed by atoms with Crippen LogP contribution >= 0.6 is 0 Å². The van der Waals surface area contributed by atoms with Crippen LogP contribution in [0, 0.1) is 17.0 Å². The summed E-state index contributed by atoms with van der Waals surface area (Å²) in [5, 5.41) is 22.3. The Balaban J connectivity index is 2.25. The summed E-state index contributed by atoms with van der Waals surface area (Å²) >= 11 is 0. The van der Waals surface area contributed by atoms with E-state index in [4.69, 9.17) is 0 Å². The zero-order valence-corrected chi connectivity index (χ0v) is 11.5. The van der Waals surface area contributed by atoms with Gasteiger partial charge in [-0.15, -0.1) is 5.10 Å². The van der Waals surface area contributed by atoms with Crippen molar-refractivity contribution in [1.82, 2.24) is 20.3 Å². The van der Waals surface area contributed by atoms with Crippen molar-refractivity contribution in [3.63, 3.8) is 0 Å². The number of benzene rings is 1. The van der Waals surface area contributed by atoms with E-state index in [0.717, 1.165) is 24.2 Å². The maximum atomic E-state index is 11.1. The predicted octanol–water partition coefficient (Wildman–Crippen LogP) is 1.98. The first-order valence-corrected chi connectivity index (χ1v) is 6.49. The number of aromatic nitrogens is 3. The summed E-state index contributed by atoms with van der Waals surface area (Å²) in [7, 11) is 0. The SMILES string of the molecule is CCCNCc1cn(-c2ccc(C)cc2[N+](=O)[O-])nn1. The molecule has 1 heterocycles. The molecule has 0 unspecified atom stereocenters. The van der Waals surface area contributed by atoms with Crippen LogP contribution < -0.4 is 5.32 Å². The lowest BCUT2D eigenvalue weighted by Gasteiger charge is -2.02. The Kier molecular flexibility index (Phi) is 4.41. The van der Waals surface area contributed by atoms with Crippen LogP contribution in [-0.2, 0) is 6.54 Å². The Morgan fingerprint density at radius 2 is 2.25 bits per heavy atom. The standard InChI is InChI=1S/C13H17N5O2/c1-3-6-14-8-11-9-17(16-15-11)12-5-4-10(2)7-13(12)18(19)20/h4-5,7,9,14H,3,6,8H2,1-2H3. The number of hydrogen-bond acceptors (Lipinski definition) is 5. The zero-order chi connectivity index (χ0) is 14.5. The molecule has 0 saturated carbocycles. The lowest BCUT2D eigenvalue weighted by Crippen LogP contribution is -2.13. The van der Waals surface area contributed by atoms with E-state index in [9.17, 15) is 10.1 Å². The van der Waals surface area contributed by atoms with Crippen LogP contribution in [0.4, 0.5) is 5.69 Å². The zero-order valence-electron chi connectivity index (χ0n) is 11.5. The molecule has 1 aromatic heterocycles. The van der Waals surface area contributed by atoms with Gasteiger partial charge in [-0.25, -0.2) is 4.68 Å². The summed E-state index contributed by atoms with van der Waals surface area (Å²) < 4.78 is 1.44. The van der Waals surface area contributed by atoms with Gasteiger partial charge in [-0.3, -0.25) is 10.1 Å². The molecular weight excluding hydrogens is 258 g/mol. The van der Waals surface area contributed by atoms with Crippen LogP contribution in [0.1, 0.15) is 24.6 Å². The van der Waals surface area contributed by atoms with Crippen molar-refractivity contribution in [1.29, 1.82) is 0 Å². The highest BCUT2D eigenvalue weighted by atomic mass is 16.6. The molecule has 0 radical (unpaired) electrons. The number of hydrogen-bond donors (Lipinski definition) is 1. The normalized spacial score (nSPS) is 10.7. The average molecular weight is 275 g/mol. The van der Waals surface area contributed by atoms with Gasteiger partial charge in [-0.05, 0) is 31.5 Å². The Hall–Kier alpha value is -2.28. The average Bonchev–Trinajstić information content (AvgIpc) is 2.87. The van der Waals surface area contributed by atoms with Crippen LogP contribution in [0.25, 0.3) is 5.69 Å². The summed E-state index contributed by atoms with van der Waals surface area (Å²) in [6.45, 7) is 5.41. The first kappa shape index (κ1) is 14.1. The van der Waals surface area contributed by atoms with Gasteiger partial charge in [0.2, 0.25) is 0 Å². The number of rotatable bonds is 6. The Labute approximate surface area is 116 Å². The van der Waals surface area contributed by atoms with E-state index in [1.807, 2.05) is 13.0 Å². The molecule has 0 bridgehead atoms. The largest absolute Gasteiger partial charge is 0.311 e. The fourth-order valence-corrected chi connectivity index (χ4v) is 1.86. The third-order valence-electron chi connectivity index (χ3n) is 2.85. The molecule has 7 nitrogen and oxygen atoms in total. The van der Waals surface area contributed by atoms with Crippen molar-refractivity contribution >= 4 is 5.69 Å². The number of nitro benzene ring substituents is 1. The van der Waals surface area contributed by atoms with E-state index < -0.39 is 4.92 Å². The highest BCUT2D eigenvalue weighted by Gasteiger charge is 2.16. The first-order valence-electron chi connectivity index (χ1n) is 6.49. The third-order valence-corrected chi connectivity index (χ3v) is 2.85. The predicted molar refractivity (Wildman–Crippen MR) is 74.7 cm³/mol. The van der Waals surface area contributed by atoms with Crippen LogP contribution in [-0.4, -0.2) is 26.5 Å². The minimum atomic E-state index is -0.404. The second-order valence-electron chi connectivity index (χ2n) is 4.58. The summed E-state index contributed by atoms with van der Waals surface area (Å²) in [4.78, 5) is 10.7. The highest BCUT2D eigenvalue weighted by molar-refractivity contribution is 5.53. The van der Waals surface area contributed by atoms with Crippen molar-refractivity contribution in [2.75, 3.05) is 6.54 Å². The second-order valence-corrected chi connectivity index (χ2v) is 4.58. The van der Waals surface area contributed by atoms with E-state index in [-0.39, 0.29) is 5.69 Å². The Bertz CT molecular complexity index is 609. The van der Waals surface area contributed by atoms with Gasteiger partial charge in [-0.2, -0.15) is 0 Å². The van der Waals surface area contributed by atoms with E-state index in [0.29, 0.717) is 12.2 Å². The highest BCUT2D eigenvalue weighted by Crippen LogP contribution is 2.23. The third kappa shape index (κ3) is 3.18. The Morgan fingerprint density at radius 3 is 2.95 bits per heavy atom. The molecule has 0 saturated heterocycles. The molecule has 0 atom stereocenters. The molecule has 0 fully saturated rings. The lowest BCUT2D eigenvalue weighted by atomic mass is 10.2. The summed E-state index contributed by atoms with van der Waals surface area (Å²) in [5.74, 6) is 0. The number of nitro groups is 1. The summed E-state index contributed by atoms with van der Waals surface area (Å²) in [6.07, 6.45) is 2.75. The van der Waals surface area contributed by atoms with Crippen LogP contribution in [0.2, 0.25) is 0 Å². The van der Waals surface area contributed by atoms with E-state index in [2.05, 4.69) is 22.6 Å². The molecule has 0 aliphatic carbocycles. The summed E-state index contributed by atoms with van der Waals surface area (Å²) in [5.41, 5.74) is 2.05. The fourth-order valence-electron chi connectivity index (χ4n) is 1.86. The number of aryl methyl sites for hydroxylation is 1. The maximum absolute atomic E-state index is 11.1. The lowest BCUT2D eigenvalue weighted by molar-refractivity contribution is -0.384. The smallest absolute Gasteiger partial charge is 0.295 e. The molecule has 1 aromatic carbocycles. The first-order chi connectivity index (χ1) is 9.61. The van der Waals surface area contributed by atoms with Crippen molar-refractivity contribution in [2.24, 2.45) is 0 Å². The summed E-state index contributed by atoms with van der Waals surface area (Å²) in [6, 6.07) is 5.04. The molecule has 0 aliphatic rings. The van der Waals surface area contributed by atoms with Crippen molar-refractivity contribution < 1.29 is 4.92 Å². The minimum absolute atomic E-state index is 0.0305. The van der Waals surface area contributed by atoms with Crippen LogP contribution in [0.5, 0.6) is 0 Å². The molecule has 1 N–H and O–H groups in total. The van der Waals surface area contributed by atoms with Crippen molar-refractivity contribution in [3.8, 4) is 5.69 Å². The molecule has 0 aliphatic heterocycles. The molecule has 20 heavy (non-hydrogen) atoms. The van der Waals surface area contributed by atoms with Crippen molar-refractivity contribution in [2.45, 2.75) is 26.8 Å². The van der Waals surface area contributed by atoms with Crippen molar-refractivity contribution in [3.05, 3.63) is 45.8 Å². The van der Waals surface area contributed by atoms with E-state index in [1.165, 1.54) is 10.7 Å². The topological polar surface area (TPSA) is 85.9 Å². The molecule has 106 valence electrons. The van der Waals surface area contributed by atoms with Gasteiger partial charge in [0, 0.05) is 12.6 Å². The molecular formula is C13H17N5O2. The number of nitrogens with zero attached hydrogens (tertiary/aromatic N) is 4. The van der Waals surface area contributed by atoms with Gasteiger partial charge < -0.3 is 5.32 Å². The molecule has 2 aromatic rings. The van der Waals surface area contributed by atoms with E-state index in [1.54, 1.807) is 12.3 Å². The fraction of sp³-hybridized carbons (Fsp3) is 0.385. The number of nitrogens with one attached hydrogen (secondary N) is 1. The van der Waals surface area contributed by atoms with Gasteiger partial charge in [-0.1, -0.05) is 18.2 Å². The minimum Gasteiger partial charge on any atom is -0.311 e. The van der Waals surface area contributed by atoms with Gasteiger partial charge in [0.15, 0.2) is 0 Å².